The average molecular weight is 271 g/mol. The van der Waals surface area contributed by atoms with Gasteiger partial charge in [0.25, 0.3) is 0 Å². The summed E-state index contributed by atoms with van der Waals surface area (Å²) in [5.41, 5.74) is 1.34. The Hall–Kier alpha value is -0.410. The molecule has 0 fully saturated rings. The number of hydrogen-bond acceptors (Lipinski definition) is 2. The van der Waals surface area contributed by atoms with Crippen molar-refractivity contribution in [2.24, 2.45) is 0 Å². The fourth-order valence-corrected chi connectivity index (χ4v) is 1.93. The zero-order valence-electron chi connectivity index (χ0n) is 9.32. The topological polar surface area (TPSA) is 16.1 Å². The van der Waals surface area contributed by atoms with Gasteiger partial charge in [-0.1, -0.05) is 22.4 Å². The molecule has 3 heteroatoms. The molecule has 0 amide bonds. The van der Waals surface area contributed by atoms with Crippen LogP contribution in [-0.2, 0) is 6.54 Å². The summed E-state index contributed by atoms with van der Waals surface area (Å²) in [5.74, 6) is 0. The van der Waals surface area contributed by atoms with Gasteiger partial charge in [0.2, 0.25) is 0 Å². The van der Waals surface area contributed by atoms with Crippen molar-refractivity contribution in [2.45, 2.75) is 25.8 Å². The standard InChI is InChI=1S/C12H19BrN2/c1-15(10-4-2-3-7-13)11-12-5-8-14-9-6-12/h5-6,8-9H,2-4,7,10-11H2,1H3. The number of alkyl halides is 1. The van der Waals surface area contributed by atoms with Crippen LogP contribution in [-0.4, -0.2) is 28.8 Å². The first-order chi connectivity index (χ1) is 7.33. The summed E-state index contributed by atoms with van der Waals surface area (Å²) in [4.78, 5) is 6.38. The lowest BCUT2D eigenvalue weighted by Gasteiger charge is -2.16. The Morgan fingerprint density at radius 1 is 1.20 bits per heavy atom. The predicted molar refractivity (Wildman–Crippen MR) is 68.2 cm³/mol. The molecule has 0 bridgehead atoms. The molecule has 0 aliphatic rings. The zero-order chi connectivity index (χ0) is 10.9. The van der Waals surface area contributed by atoms with Crippen LogP contribution < -0.4 is 0 Å². The summed E-state index contributed by atoms with van der Waals surface area (Å²) < 4.78 is 0. The molecule has 0 unspecified atom stereocenters. The first-order valence-corrected chi connectivity index (χ1v) is 6.58. The molecule has 0 atom stereocenters. The highest BCUT2D eigenvalue weighted by Gasteiger charge is 1.99. The maximum atomic E-state index is 4.02. The minimum atomic E-state index is 1.02. The largest absolute Gasteiger partial charge is 0.302 e. The molecule has 1 heterocycles. The molecule has 84 valence electrons. The van der Waals surface area contributed by atoms with Crippen LogP contribution in [0.5, 0.6) is 0 Å². The minimum Gasteiger partial charge on any atom is -0.302 e. The van der Waals surface area contributed by atoms with E-state index in [1.165, 1.54) is 31.4 Å². The van der Waals surface area contributed by atoms with E-state index in [-0.39, 0.29) is 0 Å². The summed E-state index contributed by atoms with van der Waals surface area (Å²) in [5, 5.41) is 1.13. The van der Waals surface area contributed by atoms with E-state index in [1.54, 1.807) is 0 Å². The number of hydrogen-bond donors (Lipinski definition) is 0. The highest BCUT2D eigenvalue weighted by atomic mass is 79.9. The van der Waals surface area contributed by atoms with Crippen molar-refractivity contribution in [2.75, 3.05) is 18.9 Å². The quantitative estimate of drug-likeness (QED) is 0.559. The van der Waals surface area contributed by atoms with E-state index in [1.807, 2.05) is 12.4 Å². The van der Waals surface area contributed by atoms with Gasteiger partial charge in [-0.25, -0.2) is 0 Å². The first-order valence-electron chi connectivity index (χ1n) is 5.46. The smallest absolute Gasteiger partial charge is 0.0271 e. The monoisotopic (exact) mass is 270 g/mol. The summed E-state index contributed by atoms with van der Waals surface area (Å²) in [6.45, 7) is 2.20. The second-order valence-corrected chi connectivity index (χ2v) is 4.64. The van der Waals surface area contributed by atoms with Crippen LogP contribution in [0.3, 0.4) is 0 Å². The van der Waals surface area contributed by atoms with Crippen molar-refractivity contribution in [3.05, 3.63) is 30.1 Å². The molecule has 0 spiro atoms. The van der Waals surface area contributed by atoms with E-state index in [0.717, 1.165) is 11.9 Å². The van der Waals surface area contributed by atoms with Crippen molar-refractivity contribution in [1.29, 1.82) is 0 Å². The van der Waals surface area contributed by atoms with Gasteiger partial charge in [0.15, 0.2) is 0 Å². The molecule has 0 aliphatic carbocycles. The minimum absolute atomic E-state index is 1.02. The van der Waals surface area contributed by atoms with Gasteiger partial charge >= 0.3 is 0 Å². The van der Waals surface area contributed by atoms with Crippen molar-refractivity contribution in [3.8, 4) is 0 Å². The molecule has 0 radical (unpaired) electrons. The lowest BCUT2D eigenvalue weighted by molar-refractivity contribution is 0.318. The van der Waals surface area contributed by atoms with Gasteiger partial charge in [0.05, 0.1) is 0 Å². The molecule has 2 nitrogen and oxygen atoms in total. The van der Waals surface area contributed by atoms with Crippen LogP contribution in [0.4, 0.5) is 0 Å². The van der Waals surface area contributed by atoms with Crippen LogP contribution in [0.15, 0.2) is 24.5 Å². The number of rotatable bonds is 7. The SMILES string of the molecule is CN(CCCCCBr)Cc1ccncc1. The highest BCUT2D eigenvalue weighted by molar-refractivity contribution is 9.09. The van der Waals surface area contributed by atoms with Crippen LogP contribution in [0, 0.1) is 0 Å². The Morgan fingerprint density at radius 3 is 2.60 bits per heavy atom. The maximum Gasteiger partial charge on any atom is 0.0271 e. The number of nitrogens with zero attached hydrogens (tertiary/aromatic N) is 2. The van der Waals surface area contributed by atoms with E-state index in [4.69, 9.17) is 0 Å². The molecular weight excluding hydrogens is 252 g/mol. The highest BCUT2D eigenvalue weighted by Crippen LogP contribution is 2.04. The molecule has 1 aromatic rings. The number of unbranched alkanes of at least 4 members (excludes halogenated alkanes) is 2. The summed E-state index contributed by atoms with van der Waals surface area (Å²) in [6.07, 6.45) is 7.59. The number of halogens is 1. The molecule has 0 aromatic carbocycles. The lowest BCUT2D eigenvalue weighted by Crippen LogP contribution is -2.19. The van der Waals surface area contributed by atoms with Gasteiger partial charge in [-0.05, 0) is 44.1 Å². The van der Waals surface area contributed by atoms with Crippen molar-refractivity contribution < 1.29 is 0 Å². The van der Waals surface area contributed by atoms with E-state index in [9.17, 15) is 0 Å². The molecule has 15 heavy (non-hydrogen) atoms. The van der Waals surface area contributed by atoms with Gasteiger partial charge in [-0.15, -0.1) is 0 Å². The van der Waals surface area contributed by atoms with E-state index >= 15 is 0 Å². The molecule has 0 aliphatic heterocycles. The van der Waals surface area contributed by atoms with E-state index in [2.05, 4.69) is 45.0 Å². The third-order valence-electron chi connectivity index (χ3n) is 2.38. The average Bonchev–Trinajstić information content (AvgIpc) is 2.26. The third kappa shape index (κ3) is 5.90. The van der Waals surface area contributed by atoms with Crippen LogP contribution in [0.25, 0.3) is 0 Å². The second kappa shape index (κ2) is 7.83. The Labute approximate surface area is 101 Å². The Balaban J connectivity index is 2.16. The van der Waals surface area contributed by atoms with E-state index < -0.39 is 0 Å². The summed E-state index contributed by atoms with van der Waals surface area (Å²) >= 11 is 3.45. The van der Waals surface area contributed by atoms with Crippen LogP contribution in [0.2, 0.25) is 0 Å². The Kier molecular flexibility index (Phi) is 6.60. The van der Waals surface area contributed by atoms with Gasteiger partial charge in [-0.3, -0.25) is 4.98 Å². The number of pyridine rings is 1. The Bertz CT molecular complexity index is 251. The molecule has 1 rings (SSSR count). The van der Waals surface area contributed by atoms with Crippen molar-refractivity contribution in [1.82, 2.24) is 9.88 Å². The zero-order valence-corrected chi connectivity index (χ0v) is 10.9. The molecular formula is C12H19BrN2. The third-order valence-corrected chi connectivity index (χ3v) is 2.94. The fraction of sp³-hybridized carbons (Fsp3) is 0.583. The molecule has 0 N–H and O–H groups in total. The lowest BCUT2D eigenvalue weighted by atomic mass is 10.2. The second-order valence-electron chi connectivity index (χ2n) is 3.84. The first kappa shape index (κ1) is 12.7. The fourth-order valence-electron chi connectivity index (χ4n) is 1.53. The van der Waals surface area contributed by atoms with Gasteiger partial charge in [-0.2, -0.15) is 0 Å². The van der Waals surface area contributed by atoms with Crippen molar-refractivity contribution in [3.63, 3.8) is 0 Å². The van der Waals surface area contributed by atoms with Crippen LogP contribution in [0.1, 0.15) is 24.8 Å². The maximum absolute atomic E-state index is 4.02. The number of aromatic nitrogens is 1. The summed E-state index contributed by atoms with van der Waals surface area (Å²) in [6, 6.07) is 4.16. The molecule has 0 saturated carbocycles. The molecule has 1 aromatic heterocycles. The Morgan fingerprint density at radius 2 is 1.93 bits per heavy atom. The van der Waals surface area contributed by atoms with Crippen LogP contribution >= 0.6 is 15.9 Å². The van der Waals surface area contributed by atoms with Gasteiger partial charge in [0.1, 0.15) is 0 Å². The van der Waals surface area contributed by atoms with E-state index in [0.29, 0.717) is 0 Å². The molecule has 0 saturated heterocycles. The van der Waals surface area contributed by atoms with Gasteiger partial charge in [0, 0.05) is 24.3 Å². The normalized spacial score (nSPS) is 10.9. The van der Waals surface area contributed by atoms with Crippen molar-refractivity contribution >= 4 is 15.9 Å². The predicted octanol–water partition coefficient (Wildman–Crippen LogP) is 3.08. The summed E-state index contributed by atoms with van der Waals surface area (Å²) in [7, 11) is 2.18. The van der Waals surface area contributed by atoms with Gasteiger partial charge < -0.3 is 4.90 Å².